The Balaban J connectivity index is 2.12. The van der Waals surface area contributed by atoms with Gasteiger partial charge in [0.1, 0.15) is 17.2 Å². The van der Waals surface area contributed by atoms with Crippen LogP contribution < -0.4 is 19.5 Å². The summed E-state index contributed by atoms with van der Waals surface area (Å²) in [5.74, 6) is 2.37. The summed E-state index contributed by atoms with van der Waals surface area (Å²) in [5, 5.41) is 3.35. The van der Waals surface area contributed by atoms with Crippen LogP contribution in [-0.2, 0) is 6.54 Å². The van der Waals surface area contributed by atoms with Gasteiger partial charge >= 0.3 is 0 Å². The third-order valence-electron chi connectivity index (χ3n) is 3.13. The minimum atomic E-state index is 0.651. The van der Waals surface area contributed by atoms with Gasteiger partial charge in [0.15, 0.2) is 0 Å². The van der Waals surface area contributed by atoms with E-state index in [0.29, 0.717) is 6.54 Å². The average molecular weight is 352 g/mol. The lowest BCUT2D eigenvalue weighted by Crippen LogP contribution is -2.02. The molecular weight excluding hydrogens is 334 g/mol. The zero-order valence-electron chi connectivity index (χ0n) is 12.3. The summed E-state index contributed by atoms with van der Waals surface area (Å²) in [5.41, 5.74) is 2.04. The smallest absolute Gasteiger partial charge is 0.135 e. The van der Waals surface area contributed by atoms with Crippen molar-refractivity contribution in [2.24, 2.45) is 0 Å². The number of hydrogen-bond acceptors (Lipinski definition) is 4. The molecule has 2 aromatic rings. The second-order valence-corrected chi connectivity index (χ2v) is 5.23. The number of methoxy groups -OCH3 is 3. The Morgan fingerprint density at radius 1 is 0.905 bits per heavy atom. The Labute approximate surface area is 133 Å². The van der Waals surface area contributed by atoms with Crippen LogP contribution in [0.25, 0.3) is 0 Å². The zero-order valence-corrected chi connectivity index (χ0v) is 13.9. The first-order valence-electron chi connectivity index (χ1n) is 6.46. The highest BCUT2D eigenvalue weighted by molar-refractivity contribution is 9.10. The van der Waals surface area contributed by atoms with Crippen molar-refractivity contribution < 1.29 is 14.2 Å². The summed E-state index contributed by atoms with van der Waals surface area (Å²) >= 11 is 3.44. The van der Waals surface area contributed by atoms with E-state index in [0.717, 1.165) is 33.0 Å². The van der Waals surface area contributed by atoms with E-state index in [-0.39, 0.29) is 0 Å². The first-order chi connectivity index (χ1) is 10.2. The van der Waals surface area contributed by atoms with E-state index in [4.69, 9.17) is 14.2 Å². The van der Waals surface area contributed by atoms with Crippen LogP contribution in [0.2, 0.25) is 0 Å². The van der Waals surface area contributed by atoms with Crippen LogP contribution >= 0.6 is 15.9 Å². The monoisotopic (exact) mass is 351 g/mol. The van der Waals surface area contributed by atoms with Crippen LogP contribution in [0.5, 0.6) is 17.2 Å². The Hall–Kier alpha value is -1.88. The molecule has 21 heavy (non-hydrogen) atoms. The molecule has 112 valence electrons. The SMILES string of the molecule is COc1ccc(CNc2ccc(Br)c(OC)c2)c(OC)c1. The molecule has 0 heterocycles. The van der Waals surface area contributed by atoms with Crippen molar-refractivity contribution >= 4 is 21.6 Å². The maximum absolute atomic E-state index is 5.39. The molecule has 0 saturated carbocycles. The second-order valence-electron chi connectivity index (χ2n) is 4.38. The lowest BCUT2D eigenvalue weighted by Gasteiger charge is -2.13. The van der Waals surface area contributed by atoms with Gasteiger partial charge in [-0.25, -0.2) is 0 Å². The van der Waals surface area contributed by atoms with Crippen molar-refractivity contribution in [1.29, 1.82) is 0 Å². The number of halogens is 1. The summed E-state index contributed by atoms with van der Waals surface area (Å²) in [7, 11) is 4.94. The molecule has 0 unspecified atom stereocenters. The first-order valence-corrected chi connectivity index (χ1v) is 7.25. The molecule has 2 aromatic carbocycles. The molecule has 0 saturated heterocycles. The van der Waals surface area contributed by atoms with Crippen molar-refractivity contribution in [2.45, 2.75) is 6.54 Å². The molecular formula is C16H18BrNO3. The van der Waals surface area contributed by atoms with E-state index in [2.05, 4.69) is 21.2 Å². The number of hydrogen-bond donors (Lipinski definition) is 1. The summed E-state index contributed by atoms with van der Waals surface area (Å²) in [6.45, 7) is 0.651. The van der Waals surface area contributed by atoms with E-state index in [1.807, 2.05) is 36.4 Å². The fraction of sp³-hybridized carbons (Fsp3) is 0.250. The lowest BCUT2D eigenvalue weighted by atomic mass is 10.2. The van der Waals surface area contributed by atoms with Crippen LogP contribution in [0.4, 0.5) is 5.69 Å². The Bertz CT molecular complexity index is 616. The molecule has 0 radical (unpaired) electrons. The van der Waals surface area contributed by atoms with Crippen molar-refractivity contribution in [2.75, 3.05) is 26.6 Å². The highest BCUT2D eigenvalue weighted by Gasteiger charge is 2.06. The van der Waals surface area contributed by atoms with Gasteiger partial charge in [-0.2, -0.15) is 0 Å². The van der Waals surface area contributed by atoms with Crippen LogP contribution in [0.15, 0.2) is 40.9 Å². The molecule has 5 heteroatoms. The predicted molar refractivity (Wildman–Crippen MR) is 87.6 cm³/mol. The number of rotatable bonds is 6. The first kappa shape index (κ1) is 15.5. The molecule has 0 fully saturated rings. The number of ether oxygens (including phenoxy) is 3. The molecule has 0 bridgehead atoms. The average Bonchev–Trinajstić information content (AvgIpc) is 2.53. The van der Waals surface area contributed by atoms with E-state index in [9.17, 15) is 0 Å². The van der Waals surface area contributed by atoms with Crippen molar-refractivity contribution in [3.63, 3.8) is 0 Å². The maximum Gasteiger partial charge on any atom is 0.135 e. The minimum absolute atomic E-state index is 0.651. The molecule has 0 aliphatic carbocycles. The van der Waals surface area contributed by atoms with E-state index in [1.54, 1.807) is 21.3 Å². The van der Waals surface area contributed by atoms with Crippen molar-refractivity contribution in [3.05, 3.63) is 46.4 Å². The molecule has 1 N–H and O–H groups in total. The van der Waals surface area contributed by atoms with E-state index >= 15 is 0 Å². The number of anilines is 1. The highest BCUT2D eigenvalue weighted by Crippen LogP contribution is 2.29. The van der Waals surface area contributed by atoms with Crippen molar-refractivity contribution in [1.82, 2.24) is 0 Å². The Morgan fingerprint density at radius 3 is 2.33 bits per heavy atom. The Morgan fingerprint density at radius 2 is 1.67 bits per heavy atom. The topological polar surface area (TPSA) is 39.7 Å². The van der Waals surface area contributed by atoms with Gasteiger partial charge in [0.05, 0.1) is 25.8 Å². The molecule has 0 aliphatic rings. The third-order valence-corrected chi connectivity index (χ3v) is 3.78. The molecule has 0 atom stereocenters. The molecule has 0 spiro atoms. The Kier molecular flexibility index (Phi) is 5.33. The summed E-state index contributed by atoms with van der Waals surface area (Å²) in [6, 6.07) is 11.7. The largest absolute Gasteiger partial charge is 0.497 e. The number of benzene rings is 2. The van der Waals surface area contributed by atoms with Gasteiger partial charge in [0.2, 0.25) is 0 Å². The van der Waals surface area contributed by atoms with Crippen LogP contribution in [-0.4, -0.2) is 21.3 Å². The van der Waals surface area contributed by atoms with Gasteiger partial charge in [0, 0.05) is 29.9 Å². The normalized spacial score (nSPS) is 10.1. The predicted octanol–water partition coefficient (Wildman–Crippen LogP) is 4.09. The van der Waals surface area contributed by atoms with Gasteiger partial charge in [-0.15, -0.1) is 0 Å². The van der Waals surface area contributed by atoms with Crippen LogP contribution in [0, 0.1) is 0 Å². The summed E-state index contributed by atoms with van der Waals surface area (Å²) in [4.78, 5) is 0. The number of nitrogens with one attached hydrogen (secondary N) is 1. The molecule has 0 aliphatic heterocycles. The quantitative estimate of drug-likeness (QED) is 0.850. The van der Waals surface area contributed by atoms with Gasteiger partial charge in [-0.1, -0.05) is 0 Å². The molecule has 2 rings (SSSR count). The molecule has 0 aromatic heterocycles. The molecule has 4 nitrogen and oxygen atoms in total. The highest BCUT2D eigenvalue weighted by atomic mass is 79.9. The van der Waals surface area contributed by atoms with Gasteiger partial charge in [-0.3, -0.25) is 0 Å². The fourth-order valence-electron chi connectivity index (χ4n) is 1.96. The molecule has 0 amide bonds. The van der Waals surface area contributed by atoms with Gasteiger partial charge in [0.25, 0.3) is 0 Å². The van der Waals surface area contributed by atoms with Crippen molar-refractivity contribution in [3.8, 4) is 17.2 Å². The zero-order chi connectivity index (χ0) is 15.2. The van der Waals surface area contributed by atoms with E-state index in [1.165, 1.54) is 0 Å². The fourth-order valence-corrected chi connectivity index (χ4v) is 2.37. The maximum atomic E-state index is 5.39. The minimum Gasteiger partial charge on any atom is -0.497 e. The summed E-state index contributed by atoms with van der Waals surface area (Å²) in [6.07, 6.45) is 0. The second kappa shape index (κ2) is 7.22. The van der Waals surface area contributed by atoms with E-state index < -0.39 is 0 Å². The van der Waals surface area contributed by atoms with Crippen LogP contribution in [0.3, 0.4) is 0 Å². The summed E-state index contributed by atoms with van der Waals surface area (Å²) < 4.78 is 16.8. The van der Waals surface area contributed by atoms with Gasteiger partial charge in [-0.05, 0) is 40.2 Å². The van der Waals surface area contributed by atoms with Gasteiger partial charge < -0.3 is 19.5 Å². The lowest BCUT2D eigenvalue weighted by molar-refractivity contribution is 0.391. The standard InChI is InChI=1S/C16H18BrNO3/c1-19-13-6-4-11(15(9-13)20-2)10-18-12-5-7-14(17)16(8-12)21-3/h4-9,18H,10H2,1-3H3. The third kappa shape index (κ3) is 3.82. The van der Waals surface area contributed by atoms with Crippen LogP contribution in [0.1, 0.15) is 5.56 Å².